The number of anilines is 1. The zero-order valence-electron chi connectivity index (χ0n) is 15.1. The molecule has 0 unspecified atom stereocenters. The van der Waals surface area contributed by atoms with Gasteiger partial charge in [-0.1, -0.05) is 19.9 Å². The van der Waals surface area contributed by atoms with Crippen LogP contribution >= 0.6 is 0 Å². The summed E-state index contributed by atoms with van der Waals surface area (Å²) in [5.41, 5.74) is -0.728. The van der Waals surface area contributed by atoms with Crippen molar-refractivity contribution in [1.82, 2.24) is 0 Å². The lowest BCUT2D eigenvalue weighted by Gasteiger charge is -2.27. The topological polar surface area (TPSA) is 90.7 Å². The molecule has 3 rings (SSSR count). The highest BCUT2D eigenvalue weighted by molar-refractivity contribution is 7.89. The molecule has 0 amide bonds. The summed E-state index contributed by atoms with van der Waals surface area (Å²) < 4.78 is 73.3. The number of halogens is 3. The van der Waals surface area contributed by atoms with E-state index in [4.69, 9.17) is 14.6 Å². The Kier molecular flexibility index (Phi) is 4.96. The Balaban J connectivity index is 1.84. The predicted octanol–water partition coefficient (Wildman–Crippen LogP) is 3.47. The molecule has 2 aromatic carbocycles. The molecule has 0 saturated carbocycles. The molecule has 0 saturated heterocycles. The van der Waals surface area contributed by atoms with Gasteiger partial charge in [0.05, 0.1) is 10.5 Å². The second-order valence-corrected chi connectivity index (χ2v) is 8.59. The van der Waals surface area contributed by atoms with Crippen LogP contribution in [0.4, 0.5) is 18.9 Å². The maximum Gasteiger partial charge on any atom is 0.417 e. The highest BCUT2D eigenvalue weighted by Gasteiger charge is 2.36. The fourth-order valence-corrected chi connectivity index (χ4v) is 3.59. The summed E-state index contributed by atoms with van der Waals surface area (Å²) in [4.78, 5) is -0.958. The van der Waals surface area contributed by atoms with E-state index in [1.807, 2.05) is 26.0 Å². The lowest BCUT2D eigenvalue weighted by molar-refractivity contribution is -0.139. The minimum atomic E-state index is -4.85. The Morgan fingerprint density at radius 1 is 1.07 bits per heavy atom. The van der Waals surface area contributed by atoms with Crippen molar-refractivity contribution in [3.8, 4) is 11.5 Å². The maximum atomic E-state index is 13.3. The largest absolute Gasteiger partial charge is 0.454 e. The van der Waals surface area contributed by atoms with E-state index in [1.165, 1.54) is 6.07 Å². The summed E-state index contributed by atoms with van der Waals surface area (Å²) >= 11 is 0. The third kappa shape index (κ3) is 4.17. The van der Waals surface area contributed by atoms with Gasteiger partial charge in [-0.05, 0) is 35.9 Å². The van der Waals surface area contributed by atoms with Crippen molar-refractivity contribution in [2.75, 3.05) is 18.7 Å². The zero-order valence-corrected chi connectivity index (χ0v) is 15.9. The Morgan fingerprint density at radius 3 is 2.39 bits per heavy atom. The van der Waals surface area contributed by atoms with Gasteiger partial charge in [0.25, 0.3) is 0 Å². The fourth-order valence-electron chi connectivity index (χ4n) is 2.85. The summed E-state index contributed by atoms with van der Waals surface area (Å²) in [5, 5.41) is 7.83. The van der Waals surface area contributed by atoms with Gasteiger partial charge in [-0.25, -0.2) is 13.6 Å². The number of benzene rings is 2. The molecule has 1 aliphatic rings. The minimum Gasteiger partial charge on any atom is -0.454 e. The van der Waals surface area contributed by atoms with Crippen LogP contribution in [0.3, 0.4) is 0 Å². The highest BCUT2D eigenvalue weighted by atomic mass is 32.2. The molecule has 0 atom stereocenters. The van der Waals surface area contributed by atoms with Crippen LogP contribution in [0, 0.1) is 0 Å². The summed E-state index contributed by atoms with van der Waals surface area (Å²) in [5.74, 6) is 1.25. The first-order chi connectivity index (χ1) is 12.9. The van der Waals surface area contributed by atoms with E-state index < -0.39 is 32.1 Å². The summed E-state index contributed by atoms with van der Waals surface area (Å²) in [7, 11) is -4.50. The molecule has 10 heteroatoms. The van der Waals surface area contributed by atoms with Crippen LogP contribution in [0.25, 0.3) is 0 Å². The van der Waals surface area contributed by atoms with Crippen molar-refractivity contribution >= 4 is 15.7 Å². The van der Waals surface area contributed by atoms with Crippen molar-refractivity contribution in [1.29, 1.82) is 0 Å². The van der Waals surface area contributed by atoms with Gasteiger partial charge >= 0.3 is 6.18 Å². The van der Waals surface area contributed by atoms with Crippen molar-refractivity contribution in [3.05, 3.63) is 47.5 Å². The molecule has 0 aliphatic carbocycles. The fraction of sp³-hybridized carbons (Fsp3) is 0.333. The van der Waals surface area contributed by atoms with Crippen LogP contribution in [0.2, 0.25) is 0 Å². The molecular weight excluding hydrogens is 397 g/mol. The Bertz CT molecular complexity index is 1000. The van der Waals surface area contributed by atoms with Gasteiger partial charge in [-0.2, -0.15) is 13.2 Å². The van der Waals surface area contributed by atoms with Crippen LogP contribution in [0.5, 0.6) is 11.5 Å². The van der Waals surface area contributed by atoms with Gasteiger partial charge < -0.3 is 14.8 Å². The average molecular weight is 416 g/mol. The quantitative estimate of drug-likeness (QED) is 0.779. The molecule has 0 spiro atoms. The normalized spacial score (nSPS) is 14.2. The molecule has 2 aromatic rings. The number of hydrogen-bond acceptors (Lipinski definition) is 5. The van der Waals surface area contributed by atoms with Crippen LogP contribution in [0.15, 0.2) is 41.3 Å². The summed E-state index contributed by atoms with van der Waals surface area (Å²) in [6.45, 7) is 4.27. The van der Waals surface area contributed by atoms with Gasteiger partial charge in [0.15, 0.2) is 11.5 Å². The van der Waals surface area contributed by atoms with Crippen molar-refractivity contribution in [2.24, 2.45) is 5.14 Å². The van der Waals surface area contributed by atoms with E-state index in [2.05, 4.69) is 5.32 Å². The molecule has 1 aliphatic heterocycles. The maximum absolute atomic E-state index is 13.3. The van der Waals surface area contributed by atoms with E-state index in [9.17, 15) is 21.6 Å². The highest BCUT2D eigenvalue weighted by Crippen LogP contribution is 2.38. The van der Waals surface area contributed by atoms with Gasteiger partial charge in [0.1, 0.15) is 0 Å². The Hall–Kier alpha value is -2.46. The smallest absolute Gasteiger partial charge is 0.417 e. The number of primary sulfonamides is 1. The first-order valence-electron chi connectivity index (χ1n) is 8.26. The lowest BCUT2D eigenvalue weighted by Crippen LogP contribution is -2.28. The standard InChI is InChI=1S/C18H19F3N2O4S/c1-17(2,11-3-5-14-15(7-11)27-10-26-14)9-23-12-4-6-16(28(22,24)25)13(8-12)18(19,20)21/h3-8,23H,9-10H2,1-2H3,(H2,22,24,25). The number of fused-ring (bicyclic) bond motifs is 1. The molecule has 0 aromatic heterocycles. The molecule has 0 fully saturated rings. The van der Waals surface area contributed by atoms with Crippen LogP contribution in [-0.4, -0.2) is 21.8 Å². The number of hydrogen-bond donors (Lipinski definition) is 2. The Labute approximate surface area is 160 Å². The van der Waals surface area contributed by atoms with Crippen LogP contribution in [-0.2, 0) is 21.6 Å². The molecule has 0 bridgehead atoms. The third-order valence-corrected chi connectivity index (χ3v) is 5.45. The number of rotatable bonds is 5. The number of nitrogens with one attached hydrogen (secondary N) is 1. The number of alkyl halides is 3. The van der Waals surface area contributed by atoms with E-state index in [0.29, 0.717) is 18.0 Å². The molecule has 3 N–H and O–H groups in total. The molecule has 28 heavy (non-hydrogen) atoms. The number of nitrogens with two attached hydrogens (primary N) is 1. The van der Waals surface area contributed by atoms with E-state index in [1.54, 1.807) is 6.07 Å². The second-order valence-electron chi connectivity index (χ2n) is 7.06. The molecule has 1 heterocycles. The van der Waals surface area contributed by atoms with Gasteiger partial charge in [-0.15, -0.1) is 0 Å². The number of sulfonamides is 1. The first kappa shape index (κ1) is 20.3. The van der Waals surface area contributed by atoms with E-state index in [0.717, 1.165) is 17.7 Å². The summed E-state index contributed by atoms with van der Waals surface area (Å²) in [6.07, 6.45) is -4.85. The predicted molar refractivity (Wildman–Crippen MR) is 96.9 cm³/mol. The third-order valence-electron chi connectivity index (χ3n) is 4.48. The second kappa shape index (κ2) is 6.85. The first-order valence-corrected chi connectivity index (χ1v) is 9.81. The molecular formula is C18H19F3N2O4S. The van der Waals surface area contributed by atoms with Crippen LogP contribution < -0.4 is 19.9 Å². The molecule has 152 valence electrons. The van der Waals surface area contributed by atoms with Gasteiger partial charge in [0.2, 0.25) is 16.8 Å². The molecule has 0 radical (unpaired) electrons. The average Bonchev–Trinajstić information content (AvgIpc) is 3.06. The monoisotopic (exact) mass is 416 g/mol. The van der Waals surface area contributed by atoms with Crippen molar-refractivity contribution < 1.29 is 31.1 Å². The van der Waals surface area contributed by atoms with Gasteiger partial charge in [0, 0.05) is 17.6 Å². The van der Waals surface area contributed by atoms with E-state index in [-0.39, 0.29) is 12.5 Å². The molecule has 6 nitrogen and oxygen atoms in total. The Morgan fingerprint density at radius 2 is 1.75 bits per heavy atom. The van der Waals surface area contributed by atoms with Crippen molar-refractivity contribution in [2.45, 2.75) is 30.3 Å². The minimum absolute atomic E-state index is 0.133. The summed E-state index contributed by atoms with van der Waals surface area (Å²) in [6, 6.07) is 8.33. The number of ether oxygens (including phenoxy) is 2. The zero-order chi connectivity index (χ0) is 20.7. The lowest BCUT2D eigenvalue weighted by atomic mass is 9.84. The van der Waals surface area contributed by atoms with Gasteiger partial charge in [-0.3, -0.25) is 0 Å². The van der Waals surface area contributed by atoms with E-state index >= 15 is 0 Å². The van der Waals surface area contributed by atoms with Crippen LogP contribution in [0.1, 0.15) is 25.0 Å². The van der Waals surface area contributed by atoms with Crippen molar-refractivity contribution in [3.63, 3.8) is 0 Å². The SMILES string of the molecule is CC(C)(CNc1ccc(S(N)(=O)=O)c(C(F)(F)F)c1)c1ccc2c(c1)OCO2.